The Balaban J connectivity index is 2.68. The number of carbonyl (C=O) groups excluding carboxylic acids is 1. The molecule has 0 amide bonds. The Labute approximate surface area is 91.5 Å². The van der Waals surface area contributed by atoms with Crippen LogP contribution in [0.5, 0.6) is 0 Å². The zero-order valence-corrected chi connectivity index (χ0v) is 10.5. The van der Waals surface area contributed by atoms with Crippen LogP contribution in [-0.4, -0.2) is 35.8 Å². The average Bonchev–Trinajstić information content (AvgIpc) is 2.20. The normalized spacial score (nSPS) is 26.7. The quantitative estimate of drug-likeness (QED) is 0.623. The SMILES string of the molecule is CN1C[C@H](C(=O)OC(C)(C)C)C(C)(C)O1. The molecule has 0 radical (unpaired) electrons. The highest BCUT2D eigenvalue weighted by molar-refractivity contribution is 5.74. The highest BCUT2D eigenvalue weighted by Crippen LogP contribution is 2.31. The van der Waals surface area contributed by atoms with Gasteiger partial charge in [0.1, 0.15) is 11.5 Å². The predicted octanol–water partition coefficient (Wildman–Crippen LogP) is 1.60. The second kappa shape index (κ2) is 3.76. The molecule has 0 spiro atoms. The summed E-state index contributed by atoms with van der Waals surface area (Å²) in [4.78, 5) is 17.4. The van der Waals surface area contributed by atoms with Crippen LogP contribution in [0.15, 0.2) is 0 Å². The average molecular weight is 215 g/mol. The maximum absolute atomic E-state index is 11.9. The lowest BCUT2D eigenvalue weighted by atomic mass is 9.92. The lowest BCUT2D eigenvalue weighted by molar-refractivity contribution is -0.180. The molecule has 4 nitrogen and oxygen atoms in total. The van der Waals surface area contributed by atoms with Crippen molar-refractivity contribution in [3.8, 4) is 0 Å². The molecule has 0 unspecified atom stereocenters. The predicted molar refractivity (Wildman–Crippen MR) is 57.1 cm³/mol. The van der Waals surface area contributed by atoms with E-state index in [4.69, 9.17) is 9.57 Å². The molecule has 1 rings (SSSR count). The third kappa shape index (κ3) is 3.18. The number of esters is 1. The van der Waals surface area contributed by atoms with Gasteiger partial charge < -0.3 is 4.74 Å². The lowest BCUT2D eigenvalue weighted by Crippen LogP contribution is -2.39. The molecule has 0 bridgehead atoms. The minimum absolute atomic E-state index is 0.183. The molecule has 0 N–H and O–H groups in total. The maximum Gasteiger partial charge on any atom is 0.313 e. The minimum Gasteiger partial charge on any atom is -0.460 e. The highest BCUT2D eigenvalue weighted by Gasteiger charge is 2.46. The van der Waals surface area contributed by atoms with Crippen LogP contribution in [-0.2, 0) is 14.4 Å². The van der Waals surface area contributed by atoms with Gasteiger partial charge in [0.05, 0.1) is 5.60 Å². The Morgan fingerprint density at radius 3 is 2.33 bits per heavy atom. The number of rotatable bonds is 1. The molecule has 1 fully saturated rings. The Bertz CT molecular complexity index is 255. The second-order valence-corrected chi connectivity index (χ2v) is 5.59. The van der Waals surface area contributed by atoms with E-state index < -0.39 is 11.2 Å². The second-order valence-electron chi connectivity index (χ2n) is 5.59. The minimum atomic E-state index is -0.475. The number of hydroxylamine groups is 2. The summed E-state index contributed by atoms with van der Waals surface area (Å²) in [5, 5.41) is 1.69. The molecule has 0 saturated carbocycles. The molecular formula is C11H21NO3. The van der Waals surface area contributed by atoms with Crippen LogP contribution in [0.2, 0.25) is 0 Å². The first-order chi connectivity index (χ1) is 6.62. The number of nitrogens with zero attached hydrogens (tertiary/aromatic N) is 1. The van der Waals surface area contributed by atoms with Gasteiger partial charge in [-0.2, -0.15) is 5.06 Å². The fourth-order valence-corrected chi connectivity index (χ4v) is 1.71. The standard InChI is InChI=1S/C11H21NO3/c1-10(2,3)14-9(13)8-7-12(6)15-11(8,4)5/h8H,7H2,1-6H3/t8-/m1/s1. The lowest BCUT2D eigenvalue weighted by Gasteiger charge is -2.26. The molecule has 15 heavy (non-hydrogen) atoms. The van der Waals surface area contributed by atoms with Gasteiger partial charge in [0, 0.05) is 13.6 Å². The smallest absolute Gasteiger partial charge is 0.313 e. The number of ether oxygens (including phenoxy) is 1. The van der Waals surface area contributed by atoms with E-state index in [1.165, 1.54) is 0 Å². The van der Waals surface area contributed by atoms with E-state index in [9.17, 15) is 4.79 Å². The van der Waals surface area contributed by atoms with Crippen LogP contribution >= 0.6 is 0 Å². The molecule has 0 aliphatic carbocycles. The van der Waals surface area contributed by atoms with Gasteiger partial charge in [-0.1, -0.05) is 0 Å². The third-order valence-corrected chi connectivity index (χ3v) is 2.36. The zero-order valence-electron chi connectivity index (χ0n) is 10.5. The first-order valence-electron chi connectivity index (χ1n) is 5.25. The number of carbonyl (C=O) groups is 1. The van der Waals surface area contributed by atoms with E-state index in [0.29, 0.717) is 6.54 Å². The topological polar surface area (TPSA) is 38.8 Å². The van der Waals surface area contributed by atoms with Crippen LogP contribution in [0.25, 0.3) is 0 Å². The summed E-state index contributed by atoms with van der Waals surface area (Å²) in [6.07, 6.45) is 0. The van der Waals surface area contributed by atoms with Gasteiger partial charge in [-0.15, -0.1) is 0 Å². The van der Waals surface area contributed by atoms with Crippen LogP contribution < -0.4 is 0 Å². The van der Waals surface area contributed by atoms with Crippen molar-refractivity contribution in [1.82, 2.24) is 5.06 Å². The largest absolute Gasteiger partial charge is 0.460 e. The van der Waals surface area contributed by atoms with Crippen molar-refractivity contribution in [2.45, 2.75) is 45.8 Å². The fraction of sp³-hybridized carbons (Fsp3) is 0.909. The summed E-state index contributed by atoms with van der Waals surface area (Å²) < 4.78 is 5.36. The molecule has 1 aliphatic rings. The highest BCUT2D eigenvalue weighted by atomic mass is 16.7. The van der Waals surface area contributed by atoms with E-state index in [1.807, 2.05) is 41.7 Å². The molecule has 4 heteroatoms. The first kappa shape index (κ1) is 12.5. The molecule has 1 saturated heterocycles. The van der Waals surface area contributed by atoms with Crippen molar-refractivity contribution in [2.75, 3.05) is 13.6 Å². The van der Waals surface area contributed by atoms with Gasteiger partial charge >= 0.3 is 5.97 Å². The van der Waals surface area contributed by atoms with Gasteiger partial charge in [-0.25, -0.2) is 0 Å². The summed E-state index contributed by atoms with van der Waals surface area (Å²) in [6.45, 7) is 10.0. The summed E-state index contributed by atoms with van der Waals surface area (Å²) in [7, 11) is 1.83. The van der Waals surface area contributed by atoms with E-state index >= 15 is 0 Å². The number of hydrogen-bond acceptors (Lipinski definition) is 4. The maximum atomic E-state index is 11.9. The molecule has 1 atom stereocenters. The van der Waals surface area contributed by atoms with E-state index in [1.54, 1.807) is 5.06 Å². The monoisotopic (exact) mass is 215 g/mol. The van der Waals surface area contributed by atoms with Crippen LogP contribution in [0, 0.1) is 5.92 Å². The van der Waals surface area contributed by atoms with E-state index in [0.717, 1.165) is 0 Å². The van der Waals surface area contributed by atoms with Gasteiger partial charge in [0.25, 0.3) is 0 Å². The first-order valence-corrected chi connectivity index (χ1v) is 5.25. The Kier molecular flexibility index (Phi) is 3.12. The van der Waals surface area contributed by atoms with Gasteiger partial charge in [0.15, 0.2) is 0 Å². The summed E-state index contributed by atoms with van der Waals surface area (Å²) in [5.41, 5.74) is -0.911. The third-order valence-electron chi connectivity index (χ3n) is 2.36. The molecule has 0 aromatic heterocycles. The van der Waals surface area contributed by atoms with Crippen LogP contribution in [0.4, 0.5) is 0 Å². The molecule has 0 aromatic rings. The van der Waals surface area contributed by atoms with Crippen molar-refractivity contribution in [1.29, 1.82) is 0 Å². The van der Waals surface area contributed by atoms with Crippen molar-refractivity contribution < 1.29 is 14.4 Å². The Morgan fingerprint density at radius 1 is 1.47 bits per heavy atom. The fourth-order valence-electron chi connectivity index (χ4n) is 1.71. The van der Waals surface area contributed by atoms with Gasteiger partial charge in [-0.05, 0) is 34.6 Å². The number of hydrogen-bond donors (Lipinski definition) is 0. The Hall–Kier alpha value is -0.610. The van der Waals surface area contributed by atoms with Gasteiger partial charge in [0.2, 0.25) is 0 Å². The van der Waals surface area contributed by atoms with Crippen molar-refractivity contribution >= 4 is 5.97 Å². The van der Waals surface area contributed by atoms with Gasteiger partial charge in [-0.3, -0.25) is 9.63 Å². The molecule has 1 heterocycles. The van der Waals surface area contributed by atoms with Crippen LogP contribution in [0.1, 0.15) is 34.6 Å². The van der Waals surface area contributed by atoms with Crippen molar-refractivity contribution in [3.05, 3.63) is 0 Å². The van der Waals surface area contributed by atoms with Crippen LogP contribution in [0.3, 0.4) is 0 Å². The molecule has 0 aromatic carbocycles. The van der Waals surface area contributed by atoms with Crippen molar-refractivity contribution in [2.24, 2.45) is 5.92 Å². The van der Waals surface area contributed by atoms with Crippen molar-refractivity contribution in [3.63, 3.8) is 0 Å². The van der Waals surface area contributed by atoms with E-state index in [-0.39, 0.29) is 11.9 Å². The van der Waals surface area contributed by atoms with E-state index in [2.05, 4.69) is 0 Å². The molecule has 1 aliphatic heterocycles. The summed E-state index contributed by atoms with van der Waals surface area (Å²) in [5.74, 6) is -0.404. The summed E-state index contributed by atoms with van der Waals surface area (Å²) in [6, 6.07) is 0. The molecular weight excluding hydrogens is 194 g/mol. The zero-order chi connectivity index (χ0) is 11.9. The molecule has 88 valence electrons. The summed E-state index contributed by atoms with van der Waals surface area (Å²) >= 11 is 0. The Morgan fingerprint density at radius 2 is 2.00 bits per heavy atom.